The van der Waals surface area contributed by atoms with Gasteiger partial charge in [0.1, 0.15) is 5.71 Å². The molecule has 4 aliphatic rings. The number of carbonyl (C=O) groups excluding carboxylic acids is 2. The third-order valence-electron chi connectivity index (χ3n) is 7.94. The van der Waals surface area contributed by atoms with Crippen molar-refractivity contribution in [3.05, 3.63) is 156 Å². The van der Waals surface area contributed by atoms with Gasteiger partial charge in [-0.2, -0.15) is 10.2 Å². The van der Waals surface area contributed by atoms with Gasteiger partial charge in [-0.1, -0.05) is 54.1 Å². The molecule has 0 heterocycles. The maximum absolute atomic E-state index is 13.6. The molecular formula is C37H24ClN5O4. The molecule has 3 aromatic rings. The first-order valence-corrected chi connectivity index (χ1v) is 15.0. The number of rotatable bonds is 6. The molecule has 10 heteroatoms. The summed E-state index contributed by atoms with van der Waals surface area (Å²) in [4.78, 5) is 51.4. The van der Waals surface area contributed by atoms with Crippen molar-refractivity contribution in [1.29, 1.82) is 0 Å². The van der Waals surface area contributed by atoms with E-state index in [2.05, 4.69) is 26.4 Å². The van der Waals surface area contributed by atoms with E-state index in [1.165, 1.54) is 12.1 Å². The quantitative estimate of drug-likeness (QED) is 0.156. The Morgan fingerprint density at radius 1 is 0.681 bits per heavy atom. The van der Waals surface area contributed by atoms with Crippen LogP contribution in [-0.4, -0.2) is 17.4 Å². The van der Waals surface area contributed by atoms with Crippen molar-refractivity contribution in [2.45, 2.75) is 6.92 Å². The van der Waals surface area contributed by atoms with Crippen molar-refractivity contribution in [2.75, 3.05) is 16.2 Å². The van der Waals surface area contributed by atoms with E-state index >= 15 is 0 Å². The lowest BCUT2D eigenvalue weighted by Gasteiger charge is -2.18. The zero-order chi connectivity index (χ0) is 32.7. The van der Waals surface area contributed by atoms with Gasteiger partial charge in [0.15, 0.2) is 10.9 Å². The van der Waals surface area contributed by atoms with E-state index in [-0.39, 0.29) is 22.1 Å². The highest BCUT2D eigenvalue weighted by atomic mass is 35.5. The van der Waals surface area contributed by atoms with Gasteiger partial charge in [-0.05, 0) is 95.9 Å². The number of amides is 1. The number of Topliss-reactive ketones (excluding diaryl/α,β-unsaturated/α-hetero) is 1. The second kappa shape index (κ2) is 12.0. The lowest BCUT2D eigenvalue weighted by atomic mass is 9.89. The van der Waals surface area contributed by atoms with Crippen LogP contribution in [0.2, 0.25) is 5.02 Å². The highest BCUT2D eigenvalue weighted by molar-refractivity contribution is 6.59. The Labute approximate surface area is 272 Å². The molecule has 0 aliphatic heterocycles. The molecule has 9 nitrogen and oxygen atoms in total. The van der Waals surface area contributed by atoms with Crippen LogP contribution in [0.3, 0.4) is 0 Å². The van der Waals surface area contributed by atoms with E-state index in [0.29, 0.717) is 49.7 Å². The molecule has 0 saturated carbocycles. The Morgan fingerprint density at radius 3 is 2.23 bits per heavy atom. The molecule has 0 atom stereocenters. The zero-order valence-electron chi connectivity index (χ0n) is 24.8. The number of hydrazone groups is 1. The highest BCUT2D eigenvalue weighted by Crippen LogP contribution is 2.32. The Bertz CT molecular complexity index is 2400. The number of para-hydroxylation sites is 1. The van der Waals surface area contributed by atoms with Gasteiger partial charge in [0.05, 0.1) is 33.0 Å². The fraction of sp³-hybridized carbons (Fsp3) is 0.0270. The van der Waals surface area contributed by atoms with E-state index in [4.69, 9.17) is 11.6 Å². The molecule has 47 heavy (non-hydrogen) atoms. The predicted octanol–water partition coefficient (Wildman–Crippen LogP) is 5.80. The molecule has 0 radical (unpaired) electrons. The number of hydrogen-bond donors (Lipinski definition) is 3. The number of carbonyl (C=O) groups is 2. The lowest BCUT2D eigenvalue weighted by Crippen LogP contribution is -2.30. The van der Waals surface area contributed by atoms with E-state index in [1.54, 1.807) is 72.8 Å². The smallest absolute Gasteiger partial charge is 0.259 e. The first-order chi connectivity index (χ1) is 22.8. The zero-order valence-corrected chi connectivity index (χ0v) is 25.6. The van der Waals surface area contributed by atoms with Gasteiger partial charge < -0.3 is 5.32 Å². The van der Waals surface area contributed by atoms with Gasteiger partial charge in [0.25, 0.3) is 5.91 Å². The van der Waals surface area contributed by atoms with Gasteiger partial charge in [0.2, 0.25) is 5.78 Å². The van der Waals surface area contributed by atoms with Gasteiger partial charge in [-0.15, -0.1) is 0 Å². The largest absolute Gasteiger partial charge is 0.321 e. The number of aryl methyl sites for hydroxylation is 1. The van der Waals surface area contributed by atoms with Crippen molar-refractivity contribution in [2.24, 2.45) is 10.2 Å². The fourth-order valence-electron chi connectivity index (χ4n) is 5.56. The molecule has 0 saturated heterocycles. The van der Waals surface area contributed by atoms with Crippen LogP contribution in [0.5, 0.6) is 0 Å². The SMILES string of the molecule is Cc1cc(N/N=c2\ccc3c4ccc(=O)cc-4c(=O)c-3c2)ccc1N/N=C1/C(=O)C(C(=O)Nc2ccccc2Cl)=Cc2ccccc21. The van der Waals surface area contributed by atoms with Crippen LogP contribution in [-0.2, 0) is 9.59 Å². The molecule has 3 N–H and O–H groups in total. The van der Waals surface area contributed by atoms with E-state index in [1.807, 2.05) is 31.2 Å². The summed E-state index contributed by atoms with van der Waals surface area (Å²) in [7, 11) is 0. The number of nitrogens with one attached hydrogen (secondary N) is 3. The van der Waals surface area contributed by atoms with Gasteiger partial charge in [0, 0.05) is 16.7 Å². The summed E-state index contributed by atoms with van der Waals surface area (Å²) in [5, 5.41) is 12.5. The molecule has 0 unspecified atom stereocenters. The molecule has 0 bridgehead atoms. The maximum Gasteiger partial charge on any atom is 0.259 e. The van der Waals surface area contributed by atoms with E-state index < -0.39 is 11.7 Å². The van der Waals surface area contributed by atoms with Crippen LogP contribution in [0.1, 0.15) is 16.7 Å². The van der Waals surface area contributed by atoms with Crippen LogP contribution in [0, 0.1) is 6.92 Å². The van der Waals surface area contributed by atoms with E-state index in [9.17, 15) is 19.2 Å². The van der Waals surface area contributed by atoms with Crippen LogP contribution >= 0.6 is 11.6 Å². The molecule has 4 aliphatic carbocycles. The summed E-state index contributed by atoms with van der Waals surface area (Å²) in [6, 6.07) is 29.3. The number of fused-ring (bicyclic) bond motifs is 4. The number of anilines is 3. The summed E-state index contributed by atoms with van der Waals surface area (Å²) in [6.45, 7) is 1.88. The summed E-state index contributed by atoms with van der Waals surface area (Å²) >= 11 is 6.21. The third-order valence-corrected chi connectivity index (χ3v) is 8.27. The number of benzene rings is 5. The van der Waals surface area contributed by atoms with Crippen molar-refractivity contribution in [3.8, 4) is 22.3 Å². The predicted molar refractivity (Wildman–Crippen MR) is 185 cm³/mol. The molecule has 1 amide bonds. The van der Waals surface area contributed by atoms with Gasteiger partial charge in [-0.25, -0.2) is 0 Å². The minimum Gasteiger partial charge on any atom is -0.321 e. The topological polar surface area (TPSA) is 129 Å². The van der Waals surface area contributed by atoms with Crippen molar-refractivity contribution < 1.29 is 9.59 Å². The highest BCUT2D eigenvalue weighted by Gasteiger charge is 2.30. The summed E-state index contributed by atoms with van der Waals surface area (Å²) < 4.78 is 0. The van der Waals surface area contributed by atoms with Gasteiger partial charge >= 0.3 is 0 Å². The number of halogens is 1. The number of nitrogens with zero attached hydrogens (tertiary/aromatic N) is 2. The third kappa shape index (κ3) is 5.60. The second-order valence-corrected chi connectivity index (χ2v) is 11.4. The van der Waals surface area contributed by atoms with Crippen LogP contribution in [0.25, 0.3) is 28.3 Å². The Balaban J connectivity index is 1.12. The fourth-order valence-corrected chi connectivity index (χ4v) is 5.74. The van der Waals surface area contributed by atoms with Crippen molar-refractivity contribution in [3.63, 3.8) is 0 Å². The van der Waals surface area contributed by atoms with Crippen LogP contribution in [0.4, 0.5) is 17.1 Å². The summed E-state index contributed by atoms with van der Waals surface area (Å²) in [5.41, 5.74) is 11.9. The Kier molecular flexibility index (Phi) is 7.51. The molecule has 0 fully saturated rings. The minimum absolute atomic E-state index is 0.0608. The van der Waals surface area contributed by atoms with E-state index in [0.717, 1.165) is 16.7 Å². The molecule has 7 rings (SSSR count). The normalized spacial score (nSPS) is 13.9. The average molecular weight is 638 g/mol. The maximum atomic E-state index is 13.6. The molecular weight excluding hydrogens is 614 g/mol. The van der Waals surface area contributed by atoms with Crippen molar-refractivity contribution >= 4 is 52.1 Å². The summed E-state index contributed by atoms with van der Waals surface area (Å²) in [6.07, 6.45) is 1.55. The molecule has 0 aromatic heterocycles. The standard InChI is InChI=1S/C37H24ClN5O4/c1-20-16-22(40-41-23-10-13-26-27-14-12-24(44)19-29(27)35(45)28(26)18-23)11-15-32(20)42-43-34-25-7-3-2-6-21(25)17-30(36(34)46)37(47)39-33-9-5-4-8-31(33)38/h2-19,40,42H,1H3,(H,39,47)/b41-23+,43-34+. The lowest BCUT2D eigenvalue weighted by molar-refractivity contribution is -0.116. The van der Waals surface area contributed by atoms with Crippen molar-refractivity contribution in [1.82, 2.24) is 0 Å². The first kappa shape index (κ1) is 29.5. The monoisotopic (exact) mass is 637 g/mol. The van der Waals surface area contributed by atoms with Gasteiger partial charge in [-0.3, -0.25) is 30.0 Å². The molecule has 0 spiro atoms. The Morgan fingerprint density at radius 2 is 1.43 bits per heavy atom. The number of ketones is 1. The molecule has 3 aromatic carbocycles. The first-order valence-electron chi connectivity index (χ1n) is 14.6. The van der Waals surface area contributed by atoms with Crippen LogP contribution in [0.15, 0.2) is 128 Å². The van der Waals surface area contributed by atoms with Crippen LogP contribution < -0.4 is 32.4 Å². The Hall–Kier alpha value is -6.19. The molecule has 228 valence electrons. The number of hydrogen-bond acceptors (Lipinski definition) is 8. The minimum atomic E-state index is -0.588. The second-order valence-electron chi connectivity index (χ2n) is 11.0. The summed E-state index contributed by atoms with van der Waals surface area (Å²) in [5.74, 6) is -1.12. The average Bonchev–Trinajstić information content (AvgIpc) is 3.34.